The fraction of sp³-hybridized carbons (Fsp3) is 0.172. The molecule has 5 rings (SSSR count). The maximum Gasteiger partial charge on any atom is 0.257 e. The van der Waals surface area contributed by atoms with E-state index in [1.807, 2.05) is 66.7 Å². The maximum atomic E-state index is 13.5. The number of aromatic nitrogens is 4. The number of H-pyrrole nitrogens is 1. The van der Waals surface area contributed by atoms with Crippen molar-refractivity contribution >= 4 is 22.9 Å². The van der Waals surface area contributed by atoms with Gasteiger partial charge in [0.2, 0.25) is 5.91 Å². The summed E-state index contributed by atoms with van der Waals surface area (Å²) in [5.41, 5.74) is 10.6. The van der Waals surface area contributed by atoms with E-state index < -0.39 is 0 Å². The molecule has 0 saturated carbocycles. The molecule has 0 saturated heterocycles. The minimum Gasteiger partial charge on any atom is -0.369 e. The molecule has 0 fully saturated rings. The first kappa shape index (κ1) is 24.0. The molecule has 0 radical (unpaired) electrons. The number of anilines is 1. The smallest absolute Gasteiger partial charge is 0.257 e. The van der Waals surface area contributed by atoms with E-state index >= 15 is 0 Å². The van der Waals surface area contributed by atoms with Crippen molar-refractivity contribution in [3.05, 3.63) is 112 Å². The van der Waals surface area contributed by atoms with E-state index in [1.54, 1.807) is 6.20 Å². The van der Waals surface area contributed by atoms with Crippen LogP contribution in [0.3, 0.4) is 0 Å². The molecule has 8 nitrogen and oxygen atoms in total. The lowest BCUT2D eigenvalue weighted by atomic mass is 10.1. The van der Waals surface area contributed by atoms with E-state index in [0.717, 1.165) is 35.0 Å². The SMILES string of the molecule is Nc1nc2ccc(CNC(=O)Cn3c(-c4ccccc4)ncc(CCCc4ccccc4)c3=O)cc2[nH]1. The lowest BCUT2D eigenvalue weighted by Gasteiger charge is -2.14. The maximum absolute atomic E-state index is 13.5. The zero-order valence-electron chi connectivity index (χ0n) is 20.4. The molecule has 1 amide bonds. The quantitative estimate of drug-likeness (QED) is 0.289. The summed E-state index contributed by atoms with van der Waals surface area (Å²) in [6, 6.07) is 25.3. The Morgan fingerprint density at radius 1 is 0.946 bits per heavy atom. The Kier molecular flexibility index (Phi) is 7.07. The second-order valence-electron chi connectivity index (χ2n) is 8.95. The summed E-state index contributed by atoms with van der Waals surface area (Å²) in [7, 11) is 0. The van der Waals surface area contributed by atoms with Gasteiger partial charge in [0, 0.05) is 23.9 Å². The number of nitrogens with two attached hydrogens (primary N) is 1. The Morgan fingerprint density at radius 2 is 1.70 bits per heavy atom. The number of nitrogens with zero attached hydrogens (tertiary/aromatic N) is 3. The number of aromatic amines is 1. The highest BCUT2D eigenvalue weighted by Gasteiger charge is 2.15. The summed E-state index contributed by atoms with van der Waals surface area (Å²) in [6.07, 6.45) is 3.92. The number of amides is 1. The van der Waals surface area contributed by atoms with Crippen LogP contribution in [0.1, 0.15) is 23.1 Å². The number of imidazole rings is 1. The average molecular weight is 493 g/mol. The van der Waals surface area contributed by atoms with Crippen molar-refractivity contribution in [2.45, 2.75) is 32.4 Å². The average Bonchev–Trinajstić information content (AvgIpc) is 3.30. The Hall–Kier alpha value is -4.72. The normalized spacial score (nSPS) is 11.0. The fourth-order valence-electron chi connectivity index (χ4n) is 4.38. The van der Waals surface area contributed by atoms with Crippen LogP contribution < -0.4 is 16.6 Å². The molecule has 0 bridgehead atoms. The van der Waals surface area contributed by atoms with E-state index in [4.69, 9.17) is 5.73 Å². The number of hydrogen-bond acceptors (Lipinski definition) is 5. The van der Waals surface area contributed by atoms with E-state index in [1.165, 1.54) is 10.1 Å². The highest BCUT2D eigenvalue weighted by atomic mass is 16.2. The van der Waals surface area contributed by atoms with Crippen molar-refractivity contribution in [3.8, 4) is 11.4 Å². The molecule has 0 aliphatic carbocycles. The van der Waals surface area contributed by atoms with Gasteiger partial charge in [-0.25, -0.2) is 9.97 Å². The summed E-state index contributed by atoms with van der Waals surface area (Å²) in [4.78, 5) is 38.2. The molecule has 4 N–H and O–H groups in total. The van der Waals surface area contributed by atoms with Crippen LogP contribution in [0.2, 0.25) is 0 Å². The summed E-state index contributed by atoms with van der Waals surface area (Å²) >= 11 is 0. The fourth-order valence-corrected chi connectivity index (χ4v) is 4.38. The highest BCUT2D eigenvalue weighted by molar-refractivity contribution is 5.79. The number of carbonyl (C=O) groups excluding carboxylic acids is 1. The molecule has 3 aromatic carbocycles. The molecule has 0 aliphatic heterocycles. The van der Waals surface area contributed by atoms with E-state index in [0.29, 0.717) is 30.3 Å². The first-order valence-corrected chi connectivity index (χ1v) is 12.3. The second kappa shape index (κ2) is 10.9. The molecule has 186 valence electrons. The molecule has 0 spiro atoms. The van der Waals surface area contributed by atoms with Gasteiger partial charge in [0.05, 0.1) is 11.0 Å². The van der Waals surface area contributed by atoms with Crippen LogP contribution in [0.5, 0.6) is 0 Å². The standard InChI is InChI=1S/C29H28N6O2/c30-29-33-24-15-14-21(16-25(24)34-29)17-31-26(36)19-35-27(22-11-5-2-6-12-22)32-18-23(28(35)37)13-7-10-20-8-3-1-4-9-20/h1-6,8-9,11-12,14-16,18H,7,10,13,17,19H2,(H,31,36)(H3,30,33,34). The predicted octanol–water partition coefficient (Wildman–Crippen LogP) is 3.86. The van der Waals surface area contributed by atoms with Gasteiger partial charge in [-0.05, 0) is 42.5 Å². The number of nitrogens with one attached hydrogen (secondary N) is 2. The van der Waals surface area contributed by atoms with Gasteiger partial charge in [0.25, 0.3) is 5.56 Å². The number of nitrogen functional groups attached to an aromatic ring is 1. The Balaban J connectivity index is 1.33. The highest BCUT2D eigenvalue weighted by Crippen LogP contribution is 2.17. The van der Waals surface area contributed by atoms with Gasteiger partial charge >= 0.3 is 0 Å². The Labute approximate surface area is 214 Å². The topological polar surface area (TPSA) is 119 Å². The van der Waals surface area contributed by atoms with Crippen molar-refractivity contribution in [2.75, 3.05) is 5.73 Å². The van der Waals surface area contributed by atoms with Crippen LogP contribution in [0.25, 0.3) is 22.4 Å². The minimum atomic E-state index is -0.272. The number of fused-ring (bicyclic) bond motifs is 1. The van der Waals surface area contributed by atoms with Crippen molar-refractivity contribution in [2.24, 2.45) is 0 Å². The van der Waals surface area contributed by atoms with Gasteiger partial charge < -0.3 is 16.0 Å². The zero-order valence-corrected chi connectivity index (χ0v) is 20.4. The van der Waals surface area contributed by atoms with Crippen LogP contribution in [0.15, 0.2) is 89.9 Å². The molecule has 5 aromatic rings. The Morgan fingerprint density at radius 3 is 2.49 bits per heavy atom. The largest absolute Gasteiger partial charge is 0.369 e. The zero-order chi connectivity index (χ0) is 25.6. The third-order valence-electron chi connectivity index (χ3n) is 6.26. The van der Waals surface area contributed by atoms with Crippen LogP contribution in [-0.2, 0) is 30.7 Å². The molecular weight excluding hydrogens is 464 g/mol. The molecule has 0 atom stereocenters. The van der Waals surface area contributed by atoms with Gasteiger partial charge in [-0.15, -0.1) is 0 Å². The third-order valence-corrected chi connectivity index (χ3v) is 6.26. The lowest BCUT2D eigenvalue weighted by molar-refractivity contribution is -0.121. The van der Waals surface area contributed by atoms with Crippen LogP contribution in [0.4, 0.5) is 5.95 Å². The molecule has 0 aliphatic rings. The van der Waals surface area contributed by atoms with Gasteiger partial charge in [0.1, 0.15) is 12.4 Å². The minimum absolute atomic E-state index is 0.123. The van der Waals surface area contributed by atoms with Crippen molar-refractivity contribution in [3.63, 3.8) is 0 Å². The van der Waals surface area contributed by atoms with Crippen molar-refractivity contribution < 1.29 is 4.79 Å². The van der Waals surface area contributed by atoms with Crippen LogP contribution in [-0.4, -0.2) is 25.4 Å². The molecule has 2 aromatic heterocycles. The molecular formula is C29H28N6O2. The third kappa shape index (κ3) is 5.75. The number of benzene rings is 3. The number of aryl methyl sites for hydroxylation is 2. The number of rotatable bonds is 9. The molecule has 0 unspecified atom stereocenters. The number of carbonyl (C=O) groups is 1. The molecule has 2 heterocycles. The monoisotopic (exact) mass is 492 g/mol. The van der Waals surface area contributed by atoms with Crippen molar-refractivity contribution in [1.29, 1.82) is 0 Å². The van der Waals surface area contributed by atoms with Gasteiger partial charge in [-0.3, -0.25) is 14.2 Å². The van der Waals surface area contributed by atoms with Crippen molar-refractivity contribution in [1.82, 2.24) is 24.8 Å². The second-order valence-corrected chi connectivity index (χ2v) is 8.95. The molecule has 37 heavy (non-hydrogen) atoms. The van der Waals surface area contributed by atoms with Gasteiger partial charge in [-0.2, -0.15) is 0 Å². The summed E-state index contributed by atoms with van der Waals surface area (Å²) in [6.45, 7) is 0.190. The summed E-state index contributed by atoms with van der Waals surface area (Å²) in [5.74, 6) is 0.550. The number of hydrogen-bond donors (Lipinski definition) is 3. The molecule has 8 heteroatoms. The van der Waals surface area contributed by atoms with Crippen LogP contribution >= 0.6 is 0 Å². The first-order valence-electron chi connectivity index (χ1n) is 12.3. The Bertz CT molecular complexity index is 1580. The van der Waals surface area contributed by atoms with E-state index in [9.17, 15) is 9.59 Å². The van der Waals surface area contributed by atoms with E-state index in [2.05, 4.69) is 32.4 Å². The van der Waals surface area contributed by atoms with E-state index in [-0.39, 0.29) is 18.0 Å². The van der Waals surface area contributed by atoms with Gasteiger partial charge in [0.15, 0.2) is 5.95 Å². The lowest BCUT2D eigenvalue weighted by Crippen LogP contribution is -2.34. The van der Waals surface area contributed by atoms with Crippen LogP contribution in [0, 0.1) is 0 Å². The summed E-state index contributed by atoms with van der Waals surface area (Å²) < 4.78 is 1.47. The summed E-state index contributed by atoms with van der Waals surface area (Å²) in [5, 5.41) is 2.92. The predicted molar refractivity (Wildman–Crippen MR) is 145 cm³/mol. The first-order chi connectivity index (χ1) is 18.1. The van der Waals surface area contributed by atoms with Gasteiger partial charge in [-0.1, -0.05) is 66.7 Å².